The van der Waals surface area contributed by atoms with Crippen molar-refractivity contribution in [3.8, 4) is 0 Å². The van der Waals surface area contributed by atoms with Crippen LogP contribution >= 0.6 is 11.6 Å². The van der Waals surface area contributed by atoms with Gasteiger partial charge in [0.25, 0.3) is 0 Å². The largest absolute Gasteiger partial charge is 0.465 e. The van der Waals surface area contributed by atoms with Gasteiger partial charge in [0.05, 0.1) is 24.1 Å². The number of amides is 4. The molecule has 0 saturated carbocycles. The number of benzene rings is 2. The summed E-state index contributed by atoms with van der Waals surface area (Å²) >= 11 is 5.92. The number of rotatable bonds is 9. The lowest BCUT2D eigenvalue weighted by atomic mass is 9.88. The Bertz CT molecular complexity index is 1290. The van der Waals surface area contributed by atoms with E-state index < -0.39 is 72.8 Å². The molecular weight excluding hydrogens is 588 g/mol. The van der Waals surface area contributed by atoms with Crippen molar-refractivity contribution in [2.75, 3.05) is 13.1 Å². The number of aliphatic hydroxyl groups is 1. The Morgan fingerprint density at radius 1 is 1.07 bits per heavy atom. The summed E-state index contributed by atoms with van der Waals surface area (Å²) in [7, 11) is 0. The summed E-state index contributed by atoms with van der Waals surface area (Å²) in [4.78, 5) is 37.8. The first-order valence-corrected chi connectivity index (χ1v) is 12.1. The molecule has 0 aromatic heterocycles. The van der Waals surface area contributed by atoms with E-state index in [1.165, 1.54) is 37.3 Å². The van der Waals surface area contributed by atoms with Gasteiger partial charge in [0.2, 0.25) is 5.91 Å². The fourth-order valence-electron chi connectivity index (χ4n) is 4.27. The number of nitrogens with zero attached hydrogens (tertiary/aromatic N) is 1. The zero-order valence-corrected chi connectivity index (χ0v) is 21.8. The first kappa shape index (κ1) is 31.8. The van der Waals surface area contributed by atoms with Gasteiger partial charge in [0.1, 0.15) is 5.66 Å². The predicted molar refractivity (Wildman–Crippen MR) is 131 cm³/mol. The van der Waals surface area contributed by atoms with E-state index in [4.69, 9.17) is 16.7 Å². The quantitative estimate of drug-likeness (QED) is 0.239. The highest BCUT2D eigenvalue weighted by Gasteiger charge is 2.52. The fraction of sp³-hybridized carbons (Fsp3) is 0.375. The van der Waals surface area contributed by atoms with Crippen LogP contribution in [0.5, 0.6) is 0 Å². The third kappa shape index (κ3) is 7.31. The van der Waals surface area contributed by atoms with Gasteiger partial charge in [-0.15, -0.1) is 0 Å². The normalized spacial score (nSPS) is 19.7. The van der Waals surface area contributed by atoms with Gasteiger partial charge in [-0.1, -0.05) is 35.9 Å². The monoisotopic (exact) mass is 611 g/mol. The number of hydrogen-bond acceptors (Lipinski definition) is 5. The number of halogens is 7. The molecule has 1 fully saturated rings. The molecule has 1 heterocycles. The number of alkyl halides is 6. The topological polar surface area (TPSA) is 143 Å². The molecule has 4 amide bonds. The molecule has 3 rings (SSSR count). The van der Waals surface area contributed by atoms with E-state index in [1.54, 1.807) is 0 Å². The van der Waals surface area contributed by atoms with E-state index >= 15 is 0 Å². The molecule has 1 unspecified atom stereocenters. The second kappa shape index (κ2) is 11.6. The lowest BCUT2D eigenvalue weighted by Crippen LogP contribution is -2.58. The number of carbonyl (C=O) groups excluding carboxylic acids is 2. The number of hydrazine groups is 1. The van der Waals surface area contributed by atoms with Crippen molar-refractivity contribution in [1.82, 2.24) is 26.4 Å². The highest BCUT2D eigenvalue weighted by atomic mass is 35.5. The number of β-amino-alcohol motifs (C(OH)–C–C–N with tert-alkyl or cyclic N) is 1. The molecule has 224 valence electrons. The van der Waals surface area contributed by atoms with Gasteiger partial charge in [0.15, 0.2) is 6.10 Å². The average molecular weight is 612 g/mol. The van der Waals surface area contributed by atoms with Crippen LogP contribution < -0.4 is 21.5 Å². The van der Waals surface area contributed by atoms with Crippen molar-refractivity contribution in [2.45, 2.75) is 43.0 Å². The summed E-state index contributed by atoms with van der Waals surface area (Å²) in [5.41, 5.74) is -0.403. The number of hydrogen-bond donors (Lipinski definition) is 6. The third-order valence-corrected chi connectivity index (χ3v) is 6.64. The minimum atomic E-state index is -5.12. The van der Waals surface area contributed by atoms with Crippen molar-refractivity contribution < 1.29 is 50.9 Å². The van der Waals surface area contributed by atoms with Crippen molar-refractivity contribution in [2.24, 2.45) is 0 Å². The molecule has 41 heavy (non-hydrogen) atoms. The van der Waals surface area contributed by atoms with Crippen LogP contribution in [0.1, 0.15) is 30.0 Å². The number of nitrogens with one attached hydrogen (secondary N) is 4. The van der Waals surface area contributed by atoms with Crippen molar-refractivity contribution in [3.05, 3.63) is 70.2 Å². The Labute approximate surface area is 233 Å². The van der Waals surface area contributed by atoms with Gasteiger partial charge in [0, 0.05) is 11.6 Å². The maximum Gasteiger partial charge on any atom is 0.416 e. The second-order valence-electron chi connectivity index (χ2n) is 9.38. The Hall–Kier alpha value is -3.76. The number of aliphatic hydroxyl groups excluding tert-OH is 1. The SMILES string of the molecule is C[C@@](CNC(=O)O)(NC(=O)CC1(c2ccc(Cl)cc2)NNC(=O)N1C[C@H](O)C(F)(F)F)c1cccc(C(F)(F)F)c1. The molecule has 2 aromatic carbocycles. The van der Waals surface area contributed by atoms with Crippen molar-refractivity contribution in [1.29, 1.82) is 0 Å². The van der Waals surface area contributed by atoms with Crippen molar-refractivity contribution in [3.63, 3.8) is 0 Å². The smallest absolute Gasteiger partial charge is 0.416 e. The van der Waals surface area contributed by atoms with Crippen LogP contribution in [0.4, 0.5) is 35.9 Å². The molecule has 3 atom stereocenters. The molecule has 10 nitrogen and oxygen atoms in total. The van der Waals surface area contributed by atoms with E-state index in [-0.39, 0.29) is 16.1 Å². The highest BCUT2D eigenvalue weighted by Crippen LogP contribution is 2.36. The number of carboxylic acid groups (broad SMARTS) is 1. The van der Waals surface area contributed by atoms with E-state index in [0.29, 0.717) is 11.0 Å². The molecule has 2 aromatic rings. The molecule has 0 aliphatic carbocycles. The maximum absolute atomic E-state index is 13.5. The fourth-order valence-corrected chi connectivity index (χ4v) is 4.40. The molecule has 0 bridgehead atoms. The third-order valence-electron chi connectivity index (χ3n) is 6.39. The van der Waals surface area contributed by atoms with Gasteiger partial charge in [-0.2, -0.15) is 26.3 Å². The Morgan fingerprint density at radius 3 is 2.24 bits per heavy atom. The maximum atomic E-state index is 13.5. The van der Waals surface area contributed by atoms with Crippen LogP contribution in [0, 0.1) is 0 Å². The van der Waals surface area contributed by atoms with Gasteiger partial charge in [-0.25, -0.2) is 15.0 Å². The molecular formula is C24H24ClF6N5O5. The predicted octanol–water partition coefficient (Wildman–Crippen LogP) is 3.65. The van der Waals surface area contributed by atoms with E-state index in [0.717, 1.165) is 12.1 Å². The minimum absolute atomic E-state index is 0.0641. The molecule has 1 saturated heterocycles. The minimum Gasteiger partial charge on any atom is -0.465 e. The first-order chi connectivity index (χ1) is 18.9. The van der Waals surface area contributed by atoms with Crippen LogP contribution in [0.25, 0.3) is 0 Å². The van der Waals surface area contributed by atoms with Crippen LogP contribution in [-0.4, -0.2) is 58.5 Å². The summed E-state index contributed by atoms with van der Waals surface area (Å²) in [5.74, 6) is -1.01. The number of urea groups is 1. The zero-order valence-electron chi connectivity index (χ0n) is 21.0. The van der Waals surface area contributed by atoms with Gasteiger partial charge >= 0.3 is 24.5 Å². The lowest BCUT2D eigenvalue weighted by molar-refractivity contribution is -0.208. The van der Waals surface area contributed by atoms with Crippen molar-refractivity contribution >= 4 is 29.6 Å². The Balaban J connectivity index is 2.03. The van der Waals surface area contributed by atoms with Gasteiger partial charge < -0.3 is 20.8 Å². The molecule has 1 aliphatic heterocycles. The summed E-state index contributed by atoms with van der Waals surface area (Å²) in [5, 5.41) is 23.5. The van der Waals surface area contributed by atoms with Crippen LogP contribution in [0.3, 0.4) is 0 Å². The summed E-state index contributed by atoms with van der Waals surface area (Å²) < 4.78 is 79.8. The average Bonchev–Trinajstić information content (AvgIpc) is 3.17. The summed E-state index contributed by atoms with van der Waals surface area (Å²) in [6.45, 7) is -0.671. The van der Waals surface area contributed by atoms with E-state index in [2.05, 4.69) is 16.2 Å². The molecule has 1 aliphatic rings. The number of carbonyl (C=O) groups is 3. The standard InChI is InChI=1S/C24H24ClF6N5O5/c1-21(12-32-20(40)41,14-3-2-4-15(9-14)23(26,27)28)33-18(38)10-22(13-5-7-16(25)8-6-13)35-34-19(39)36(22)11-17(37)24(29,30)31/h2-9,17,32,35,37H,10-12H2,1H3,(H,33,38)(H,34,39)(H,40,41)/t17-,21-,22?/m0/s1. The second-order valence-corrected chi connectivity index (χ2v) is 9.82. The van der Waals surface area contributed by atoms with Crippen LogP contribution in [0.2, 0.25) is 5.02 Å². The van der Waals surface area contributed by atoms with Gasteiger partial charge in [-0.05, 0) is 42.3 Å². The Kier molecular flexibility index (Phi) is 9.00. The molecule has 6 N–H and O–H groups in total. The lowest BCUT2D eigenvalue weighted by Gasteiger charge is -2.39. The van der Waals surface area contributed by atoms with Crippen LogP contribution in [0.15, 0.2) is 48.5 Å². The van der Waals surface area contributed by atoms with E-state index in [1.807, 2.05) is 5.32 Å². The Morgan fingerprint density at radius 2 is 1.68 bits per heavy atom. The van der Waals surface area contributed by atoms with Gasteiger partial charge in [-0.3, -0.25) is 15.1 Å². The highest BCUT2D eigenvalue weighted by molar-refractivity contribution is 6.30. The summed E-state index contributed by atoms with van der Waals surface area (Å²) in [6, 6.07) is 7.94. The zero-order chi connectivity index (χ0) is 30.8. The van der Waals surface area contributed by atoms with Crippen LogP contribution in [-0.2, 0) is 22.2 Å². The molecule has 17 heteroatoms. The van der Waals surface area contributed by atoms with E-state index in [9.17, 15) is 45.8 Å². The first-order valence-electron chi connectivity index (χ1n) is 11.7. The summed E-state index contributed by atoms with van der Waals surface area (Å²) in [6.07, 6.45) is -15.3. The molecule has 0 spiro atoms. The molecule has 0 radical (unpaired) electrons.